The summed E-state index contributed by atoms with van der Waals surface area (Å²) in [5, 5.41) is 0. The van der Waals surface area contributed by atoms with Crippen molar-refractivity contribution in [2.24, 2.45) is 5.41 Å². The lowest BCUT2D eigenvalue weighted by molar-refractivity contribution is -0.149. The first-order valence-corrected chi connectivity index (χ1v) is 4.97. The van der Waals surface area contributed by atoms with Crippen molar-refractivity contribution in [2.75, 3.05) is 6.61 Å². The summed E-state index contributed by atoms with van der Waals surface area (Å²) in [5.74, 6) is 0.277. The van der Waals surface area contributed by atoms with E-state index >= 15 is 0 Å². The summed E-state index contributed by atoms with van der Waals surface area (Å²) in [5.41, 5.74) is 1.96. The van der Waals surface area contributed by atoms with Gasteiger partial charge in [0.25, 0.3) is 0 Å². The van der Waals surface area contributed by atoms with Gasteiger partial charge in [-0.05, 0) is 13.3 Å². The smallest absolute Gasteiger partial charge is 0.313 e. The molecule has 2 atom stereocenters. The normalized spacial score (nSPS) is 32.2. The van der Waals surface area contributed by atoms with Crippen LogP contribution in [0, 0.1) is 5.41 Å². The summed E-state index contributed by atoms with van der Waals surface area (Å²) < 4.78 is 5.09. The number of aromatic amines is 1. The molecular weight excluding hydrogens is 180 g/mol. The van der Waals surface area contributed by atoms with Gasteiger partial charge < -0.3 is 9.72 Å². The maximum atomic E-state index is 11.7. The zero-order valence-corrected chi connectivity index (χ0v) is 8.04. The van der Waals surface area contributed by atoms with Crippen LogP contribution in [0.4, 0.5) is 0 Å². The highest BCUT2D eigenvalue weighted by molar-refractivity contribution is 5.84. The molecule has 1 saturated carbocycles. The lowest BCUT2D eigenvalue weighted by Crippen LogP contribution is -2.20. The van der Waals surface area contributed by atoms with Crippen LogP contribution in [0.15, 0.2) is 6.33 Å². The molecular formula is C10H12N2O2. The number of imidazole rings is 1. The van der Waals surface area contributed by atoms with Crippen LogP contribution in [-0.2, 0) is 16.0 Å². The maximum Gasteiger partial charge on any atom is 0.313 e. The first kappa shape index (κ1) is 8.03. The first-order valence-electron chi connectivity index (χ1n) is 4.97. The number of carbonyl (C=O) groups excluding carboxylic acids is 1. The van der Waals surface area contributed by atoms with Crippen molar-refractivity contribution >= 4 is 5.97 Å². The average molecular weight is 192 g/mol. The molecule has 4 nitrogen and oxygen atoms in total. The van der Waals surface area contributed by atoms with Crippen molar-refractivity contribution in [3.05, 3.63) is 17.7 Å². The standard InChI is InChI=1S/C10H12N2O2/c1-2-14-9(13)10-3-6(10)8-7(4-10)11-5-12-8/h5-6H,2-4H2,1H3,(H,11,12). The highest BCUT2D eigenvalue weighted by Crippen LogP contribution is 2.66. The minimum absolute atomic E-state index is 0.0450. The average Bonchev–Trinajstić information content (AvgIpc) is 2.56. The van der Waals surface area contributed by atoms with E-state index in [0.717, 1.165) is 24.2 Å². The van der Waals surface area contributed by atoms with Gasteiger partial charge in [0, 0.05) is 18.0 Å². The molecule has 2 aliphatic carbocycles. The summed E-state index contributed by atoms with van der Waals surface area (Å²) >= 11 is 0. The Hall–Kier alpha value is -1.32. The van der Waals surface area contributed by atoms with E-state index in [1.54, 1.807) is 6.33 Å². The molecule has 2 aliphatic rings. The van der Waals surface area contributed by atoms with Gasteiger partial charge >= 0.3 is 5.97 Å². The Morgan fingerprint density at radius 1 is 1.86 bits per heavy atom. The number of H-pyrrole nitrogens is 1. The molecule has 0 bridgehead atoms. The third-order valence-corrected chi connectivity index (χ3v) is 3.33. The second-order valence-electron chi connectivity index (χ2n) is 4.08. The molecule has 1 heterocycles. The highest BCUT2D eigenvalue weighted by Gasteiger charge is 2.67. The van der Waals surface area contributed by atoms with Gasteiger partial charge in [0.15, 0.2) is 0 Å². The molecule has 3 rings (SSSR count). The molecule has 1 fully saturated rings. The summed E-state index contributed by atoms with van der Waals surface area (Å²) in [6.45, 7) is 2.31. The maximum absolute atomic E-state index is 11.7. The number of aromatic nitrogens is 2. The predicted octanol–water partition coefficient (Wildman–Crippen LogP) is 1.00. The van der Waals surface area contributed by atoms with Crippen molar-refractivity contribution in [1.29, 1.82) is 0 Å². The number of fused-ring (bicyclic) bond motifs is 3. The number of carbonyl (C=O) groups is 1. The molecule has 0 aromatic carbocycles. The van der Waals surface area contributed by atoms with Gasteiger partial charge in [0.1, 0.15) is 0 Å². The predicted molar refractivity (Wildman–Crippen MR) is 48.7 cm³/mol. The molecule has 14 heavy (non-hydrogen) atoms. The van der Waals surface area contributed by atoms with Crippen LogP contribution >= 0.6 is 0 Å². The van der Waals surface area contributed by atoms with Crippen LogP contribution in [-0.4, -0.2) is 22.5 Å². The minimum Gasteiger partial charge on any atom is -0.466 e. The number of hydrogen-bond donors (Lipinski definition) is 1. The lowest BCUT2D eigenvalue weighted by atomic mass is 10.0. The van der Waals surface area contributed by atoms with Crippen LogP contribution in [0.2, 0.25) is 0 Å². The van der Waals surface area contributed by atoms with Crippen molar-refractivity contribution in [1.82, 2.24) is 9.97 Å². The number of nitrogens with one attached hydrogen (secondary N) is 1. The van der Waals surface area contributed by atoms with Crippen LogP contribution in [0.3, 0.4) is 0 Å². The second-order valence-corrected chi connectivity index (χ2v) is 4.08. The van der Waals surface area contributed by atoms with Crippen LogP contribution in [0.5, 0.6) is 0 Å². The van der Waals surface area contributed by atoms with E-state index < -0.39 is 0 Å². The molecule has 1 aromatic rings. The van der Waals surface area contributed by atoms with Crippen molar-refractivity contribution in [2.45, 2.75) is 25.7 Å². The largest absolute Gasteiger partial charge is 0.466 e. The third kappa shape index (κ3) is 0.786. The van der Waals surface area contributed by atoms with Gasteiger partial charge in [-0.1, -0.05) is 0 Å². The van der Waals surface area contributed by atoms with Crippen molar-refractivity contribution < 1.29 is 9.53 Å². The van der Waals surface area contributed by atoms with Crippen LogP contribution in [0.1, 0.15) is 30.7 Å². The van der Waals surface area contributed by atoms with E-state index in [9.17, 15) is 4.79 Å². The van der Waals surface area contributed by atoms with Crippen molar-refractivity contribution in [3.8, 4) is 0 Å². The number of esters is 1. The SMILES string of the molecule is CCOC(=O)C12Cc3[nH]cnc3C1C2. The molecule has 0 aliphatic heterocycles. The molecule has 0 spiro atoms. The lowest BCUT2D eigenvalue weighted by Gasteiger charge is -2.09. The summed E-state index contributed by atoms with van der Waals surface area (Å²) in [6, 6.07) is 0. The Bertz CT molecular complexity index is 399. The number of hydrogen-bond acceptors (Lipinski definition) is 3. The van der Waals surface area contributed by atoms with E-state index in [4.69, 9.17) is 4.74 Å². The molecule has 1 aromatic heterocycles. The fraction of sp³-hybridized carbons (Fsp3) is 0.600. The minimum atomic E-state index is -0.245. The molecule has 4 heteroatoms. The van der Waals surface area contributed by atoms with E-state index in [0.29, 0.717) is 12.5 Å². The van der Waals surface area contributed by atoms with Gasteiger partial charge in [-0.25, -0.2) is 4.98 Å². The molecule has 1 N–H and O–H groups in total. The fourth-order valence-electron chi connectivity index (χ4n) is 2.52. The first-order chi connectivity index (χ1) is 6.78. The second kappa shape index (κ2) is 2.38. The van der Waals surface area contributed by atoms with Crippen LogP contribution in [0.25, 0.3) is 0 Å². The monoisotopic (exact) mass is 192 g/mol. The van der Waals surface area contributed by atoms with Gasteiger partial charge in [-0.2, -0.15) is 0 Å². The molecule has 2 unspecified atom stereocenters. The summed E-state index contributed by atoms with van der Waals surface area (Å²) in [4.78, 5) is 19.0. The molecule has 0 amide bonds. The molecule has 74 valence electrons. The number of rotatable bonds is 2. The zero-order chi connectivity index (χ0) is 9.76. The summed E-state index contributed by atoms with van der Waals surface area (Å²) in [6.07, 6.45) is 3.41. The zero-order valence-electron chi connectivity index (χ0n) is 8.04. The quantitative estimate of drug-likeness (QED) is 0.711. The summed E-state index contributed by atoms with van der Waals surface area (Å²) in [7, 11) is 0. The van der Waals surface area contributed by atoms with Crippen LogP contribution < -0.4 is 0 Å². The Morgan fingerprint density at radius 3 is 3.43 bits per heavy atom. The topological polar surface area (TPSA) is 55.0 Å². The number of nitrogens with zero attached hydrogens (tertiary/aromatic N) is 1. The van der Waals surface area contributed by atoms with Crippen molar-refractivity contribution in [3.63, 3.8) is 0 Å². The van der Waals surface area contributed by atoms with E-state index in [2.05, 4.69) is 9.97 Å². The van der Waals surface area contributed by atoms with Gasteiger partial charge in [0.2, 0.25) is 0 Å². The van der Waals surface area contributed by atoms with E-state index in [1.807, 2.05) is 6.92 Å². The molecule has 0 radical (unpaired) electrons. The Morgan fingerprint density at radius 2 is 2.71 bits per heavy atom. The third-order valence-electron chi connectivity index (χ3n) is 3.33. The van der Waals surface area contributed by atoms with Gasteiger partial charge in [-0.3, -0.25) is 4.79 Å². The Balaban J connectivity index is 1.87. The van der Waals surface area contributed by atoms with Gasteiger partial charge in [-0.15, -0.1) is 0 Å². The fourth-order valence-corrected chi connectivity index (χ4v) is 2.52. The van der Waals surface area contributed by atoms with E-state index in [-0.39, 0.29) is 11.4 Å². The Kier molecular flexibility index (Phi) is 1.36. The molecule has 0 saturated heterocycles. The Labute approximate surface area is 81.7 Å². The number of ether oxygens (including phenoxy) is 1. The van der Waals surface area contributed by atoms with Gasteiger partial charge in [0.05, 0.1) is 24.0 Å². The van der Waals surface area contributed by atoms with E-state index in [1.165, 1.54) is 0 Å². The highest BCUT2D eigenvalue weighted by atomic mass is 16.5.